The van der Waals surface area contributed by atoms with Crippen LogP contribution in [-0.4, -0.2) is 61.0 Å². The molecule has 0 saturated carbocycles. The summed E-state index contributed by atoms with van der Waals surface area (Å²) in [6.07, 6.45) is 3.18. The highest BCUT2D eigenvalue weighted by Gasteiger charge is 2.04. The number of carbonyl (C=O) groups excluding carboxylic acids is 1. The van der Waals surface area contributed by atoms with Crippen molar-refractivity contribution in [3.05, 3.63) is 24.3 Å². The molecule has 1 aromatic carbocycles. The van der Waals surface area contributed by atoms with E-state index in [-0.39, 0.29) is 5.91 Å². The summed E-state index contributed by atoms with van der Waals surface area (Å²) in [5, 5.41) is 20.7. The Bertz CT molecular complexity index is 564. The molecule has 0 unspecified atom stereocenters. The van der Waals surface area contributed by atoms with Crippen molar-refractivity contribution in [1.82, 2.24) is 5.32 Å². The minimum Gasteiger partial charge on any atom is -0.494 e. The van der Waals surface area contributed by atoms with Crippen LogP contribution in [0.4, 0.5) is 5.69 Å². The monoisotopic (exact) mass is 398 g/mol. The van der Waals surface area contributed by atoms with E-state index < -0.39 is 11.9 Å². The minimum absolute atomic E-state index is 0.0453. The molecule has 0 bridgehead atoms. The molecule has 0 saturated heterocycles. The maximum Gasteiger partial charge on any atom is 0.414 e. The van der Waals surface area contributed by atoms with Gasteiger partial charge in [0.1, 0.15) is 5.75 Å². The Morgan fingerprint density at radius 3 is 2.11 bits per heavy atom. The van der Waals surface area contributed by atoms with Crippen molar-refractivity contribution in [2.24, 2.45) is 0 Å². The normalized spacial score (nSPS) is 9.79. The molecule has 0 fully saturated rings. The zero-order valence-corrected chi connectivity index (χ0v) is 16.4. The number of unbranched alkanes of at least 4 members (excludes halogenated alkanes) is 1. The predicted octanol–water partition coefficient (Wildman–Crippen LogP) is 1.98. The molecule has 0 aromatic heterocycles. The van der Waals surface area contributed by atoms with Gasteiger partial charge in [-0.25, -0.2) is 9.59 Å². The molecule has 9 nitrogen and oxygen atoms in total. The van der Waals surface area contributed by atoms with Crippen LogP contribution in [0.5, 0.6) is 5.75 Å². The van der Waals surface area contributed by atoms with Crippen LogP contribution in [0.2, 0.25) is 0 Å². The second kappa shape index (κ2) is 16.5. The fraction of sp³-hybridized carbons (Fsp3) is 0.526. The Hall–Kier alpha value is -2.65. The average molecular weight is 398 g/mol. The SMILES string of the molecule is CCCCOCCCNCC(=O)Nc1ccc(OCC)cc1.O=C(O)C(=O)O. The lowest BCUT2D eigenvalue weighted by atomic mass is 10.3. The Kier molecular flexibility index (Phi) is 15.0. The van der Waals surface area contributed by atoms with Crippen LogP contribution in [0.25, 0.3) is 0 Å². The molecule has 0 atom stereocenters. The summed E-state index contributed by atoms with van der Waals surface area (Å²) < 4.78 is 10.8. The fourth-order valence-electron chi connectivity index (χ4n) is 1.86. The number of rotatable bonds is 12. The first kappa shape index (κ1) is 25.4. The van der Waals surface area contributed by atoms with E-state index in [1.807, 2.05) is 31.2 Å². The highest BCUT2D eigenvalue weighted by Crippen LogP contribution is 2.15. The summed E-state index contributed by atoms with van der Waals surface area (Å²) in [7, 11) is 0. The molecule has 0 spiro atoms. The van der Waals surface area contributed by atoms with Gasteiger partial charge in [0.05, 0.1) is 13.2 Å². The lowest BCUT2D eigenvalue weighted by molar-refractivity contribution is -0.159. The number of aliphatic carboxylic acids is 2. The number of hydrogen-bond acceptors (Lipinski definition) is 6. The predicted molar refractivity (Wildman–Crippen MR) is 105 cm³/mol. The van der Waals surface area contributed by atoms with Gasteiger partial charge in [-0.3, -0.25) is 4.79 Å². The number of carboxylic acid groups (broad SMARTS) is 2. The lowest BCUT2D eigenvalue weighted by Crippen LogP contribution is -2.29. The smallest absolute Gasteiger partial charge is 0.414 e. The maximum absolute atomic E-state index is 11.8. The van der Waals surface area contributed by atoms with Crippen LogP contribution in [-0.2, 0) is 19.1 Å². The van der Waals surface area contributed by atoms with Gasteiger partial charge in [0.15, 0.2) is 0 Å². The van der Waals surface area contributed by atoms with E-state index in [0.29, 0.717) is 13.2 Å². The Labute approximate surface area is 165 Å². The van der Waals surface area contributed by atoms with Crippen LogP contribution in [0.3, 0.4) is 0 Å². The molecule has 1 aromatic rings. The molecule has 28 heavy (non-hydrogen) atoms. The first-order chi connectivity index (χ1) is 13.4. The lowest BCUT2D eigenvalue weighted by Gasteiger charge is -2.08. The Balaban J connectivity index is 0.00000105. The van der Waals surface area contributed by atoms with Gasteiger partial charge in [0, 0.05) is 18.9 Å². The van der Waals surface area contributed by atoms with Gasteiger partial charge < -0.3 is 30.3 Å². The Morgan fingerprint density at radius 2 is 1.57 bits per heavy atom. The zero-order valence-electron chi connectivity index (χ0n) is 16.4. The minimum atomic E-state index is -1.82. The molecule has 0 aliphatic heterocycles. The van der Waals surface area contributed by atoms with E-state index in [4.69, 9.17) is 29.3 Å². The number of carboxylic acids is 2. The number of carbonyl (C=O) groups is 3. The summed E-state index contributed by atoms with van der Waals surface area (Å²) in [6.45, 7) is 7.38. The van der Waals surface area contributed by atoms with Crippen molar-refractivity contribution in [2.75, 3.05) is 38.2 Å². The van der Waals surface area contributed by atoms with Crippen LogP contribution < -0.4 is 15.4 Å². The van der Waals surface area contributed by atoms with Crippen molar-refractivity contribution in [3.63, 3.8) is 0 Å². The van der Waals surface area contributed by atoms with Crippen molar-refractivity contribution in [3.8, 4) is 5.75 Å². The molecular weight excluding hydrogens is 368 g/mol. The van der Waals surface area contributed by atoms with Crippen LogP contribution >= 0.6 is 0 Å². The topological polar surface area (TPSA) is 134 Å². The van der Waals surface area contributed by atoms with Crippen LogP contribution in [0, 0.1) is 0 Å². The van der Waals surface area contributed by atoms with Gasteiger partial charge in [-0.15, -0.1) is 0 Å². The molecule has 9 heteroatoms. The Morgan fingerprint density at radius 1 is 0.964 bits per heavy atom. The molecule has 4 N–H and O–H groups in total. The van der Waals surface area contributed by atoms with Crippen LogP contribution in [0.15, 0.2) is 24.3 Å². The number of benzene rings is 1. The van der Waals surface area contributed by atoms with Crippen molar-refractivity contribution in [1.29, 1.82) is 0 Å². The summed E-state index contributed by atoms with van der Waals surface area (Å²) in [5.74, 6) is -2.89. The quantitative estimate of drug-likeness (QED) is 0.310. The molecule has 0 aliphatic rings. The number of anilines is 1. The third-order valence-electron chi connectivity index (χ3n) is 3.20. The number of ether oxygens (including phenoxy) is 2. The maximum atomic E-state index is 11.8. The average Bonchev–Trinajstić information content (AvgIpc) is 2.66. The number of nitrogens with one attached hydrogen (secondary N) is 2. The zero-order chi connectivity index (χ0) is 21.2. The van der Waals surface area contributed by atoms with Crippen molar-refractivity contribution < 1.29 is 34.1 Å². The van der Waals surface area contributed by atoms with Crippen molar-refractivity contribution in [2.45, 2.75) is 33.1 Å². The van der Waals surface area contributed by atoms with Gasteiger partial charge in [-0.1, -0.05) is 13.3 Å². The molecule has 1 amide bonds. The first-order valence-corrected chi connectivity index (χ1v) is 9.18. The highest BCUT2D eigenvalue weighted by molar-refractivity contribution is 6.27. The van der Waals surface area contributed by atoms with E-state index in [0.717, 1.165) is 50.5 Å². The molecule has 158 valence electrons. The third kappa shape index (κ3) is 14.5. The standard InChI is InChI=1S/C17H28N2O3.C2H2O4/c1-3-5-12-21-13-6-11-18-14-17(20)19-15-7-9-16(10-8-15)22-4-2;3-1(4)2(5)6/h7-10,18H,3-6,11-14H2,1-2H3,(H,19,20);(H,3,4)(H,5,6). The summed E-state index contributed by atoms with van der Waals surface area (Å²) >= 11 is 0. The third-order valence-corrected chi connectivity index (χ3v) is 3.20. The second-order valence-electron chi connectivity index (χ2n) is 5.61. The second-order valence-corrected chi connectivity index (χ2v) is 5.61. The van der Waals surface area contributed by atoms with Gasteiger partial charge >= 0.3 is 11.9 Å². The van der Waals surface area contributed by atoms with E-state index in [1.165, 1.54) is 0 Å². The molecule has 0 aliphatic carbocycles. The van der Waals surface area contributed by atoms with Gasteiger partial charge in [-0.05, 0) is 50.6 Å². The molecular formula is C19H30N2O7. The highest BCUT2D eigenvalue weighted by atomic mass is 16.5. The fourth-order valence-corrected chi connectivity index (χ4v) is 1.86. The molecule has 1 rings (SSSR count). The molecule has 0 radical (unpaired) electrons. The van der Waals surface area contributed by atoms with E-state index >= 15 is 0 Å². The molecule has 0 heterocycles. The van der Waals surface area contributed by atoms with Gasteiger partial charge in [-0.2, -0.15) is 0 Å². The summed E-state index contributed by atoms with van der Waals surface area (Å²) in [4.78, 5) is 30.0. The summed E-state index contributed by atoms with van der Waals surface area (Å²) in [6, 6.07) is 7.37. The van der Waals surface area contributed by atoms with E-state index in [9.17, 15) is 4.79 Å². The number of hydrogen-bond donors (Lipinski definition) is 4. The number of amides is 1. The van der Waals surface area contributed by atoms with Gasteiger partial charge in [0.2, 0.25) is 5.91 Å². The van der Waals surface area contributed by atoms with E-state index in [1.54, 1.807) is 0 Å². The van der Waals surface area contributed by atoms with E-state index in [2.05, 4.69) is 17.6 Å². The van der Waals surface area contributed by atoms with Crippen LogP contribution in [0.1, 0.15) is 33.1 Å². The summed E-state index contributed by atoms with van der Waals surface area (Å²) in [5.41, 5.74) is 0.776. The first-order valence-electron chi connectivity index (χ1n) is 9.18. The largest absolute Gasteiger partial charge is 0.494 e. The van der Waals surface area contributed by atoms with Crippen molar-refractivity contribution >= 4 is 23.5 Å². The van der Waals surface area contributed by atoms with Gasteiger partial charge in [0.25, 0.3) is 0 Å².